The van der Waals surface area contributed by atoms with E-state index in [1.807, 2.05) is 0 Å². The van der Waals surface area contributed by atoms with Crippen molar-refractivity contribution in [3.05, 3.63) is 17.2 Å². The number of imidazole rings is 1. The maximum absolute atomic E-state index is 12.1. The standard InChI is InChI=1S/C13H21N5O/c1-7-4-8(18-17-7)11-15-9-5-13(2,3)6-14-12(19)10(9)16-11/h7-8,17-18H,4-6H2,1-3H3,(H,14,19)(H,15,16). The van der Waals surface area contributed by atoms with Crippen LogP contribution in [-0.4, -0.2) is 28.5 Å². The van der Waals surface area contributed by atoms with Gasteiger partial charge in [-0.25, -0.2) is 10.4 Å². The Bertz CT molecular complexity index is 507. The van der Waals surface area contributed by atoms with Gasteiger partial charge >= 0.3 is 0 Å². The van der Waals surface area contributed by atoms with Crippen LogP contribution in [0, 0.1) is 5.41 Å². The molecule has 0 aliphatic carbocycles. The summed E-state index contributed by atoms with van der Waals surface area (Å²) >= 11 is 0. The number of hydrogen-bond acceptors (Lipinski definition) is 4. The van der Waals surface area contributed by atoms with Crippen LogP contribution in [0.1, 0.15) is 55.2 Å². The average molecular weight is 263 g/mol. The van der Waals surface area contributed by atoms with Crippen molar-refractivity contribution in [2.75, 3.05) is 6.54 Å². The van der Waals surface area contributed by atoms with Gasteiger partial charge in [-0.2, -0.15) is 0 Å². The molecule has 2 unspecified atom stereocenters. The third-order valence-electron chi connectivity index (χ3n) is 3.82. The number of H-pyrrole nitrogens is 1. The quantitative estimate of drug-likeness (QED) is 0.599. The van der Waals surface area contributed by atoms with Gasteiger partial charge in [0.25, 0.3) is 5.91 Å². The van der Waals surface area contributed by atoms with Crippen molar-refractivity contribution >= 4 is 5.91 Å². The molecule has 3 heterocycles. The van der Waals surface area contributed by atoms with E-state index < -0.39 is 0 Å². The van der Waals surface area contributed by atoms with Crippen molar-refractivity contribution in [1.29, 1.82) is 0 Å². The molecule has 6 nitrogen and oxygen atoms in total. The van der Waals surface area contributed by atoms with Gasteiger partial charge in [0.05, 0.1) is 6.04 Å². The van der Waals surface area contributed by atoms with Crippen molar-refractivity contribution in [3.63, 3.8) is 0 Å². The van der Waals surface area contributed by atoms with Crippen LogP contribution in [0.15, 0.2) is 0 Å². The second-order valence-electron chi connectivity index (χ2n) is 6.45. The first-order valence-corrected chi connectivity index (χ1v) is 6.83. The Hall–Kier alpha value is -1.40. The number of hydrogen-bond donors (Lipinski definition) is 4. The van der Waals surface area contributed by atoms with Crippen LogP contribution in [0.5, 0.6) is 0 Å². The zero-order chi connectivity index (χ0) is 13.6. The minimum atomic E-state index is -0.0675. The molecule has 19 heavy (non-hydrogen) atoms. The fraction of sp³-hybridized carbons (Fsp3) is 0.692. The van der Waals surface area contributed by atoms with Gasteiger partial charge < -0.3 is 10.3 Å². The van der Waals surface area contributed by atoms with E-state index in [0.717, 1.165) is 24.4 Å². The zero-order valence-corrected chi connectivity index (χ0v) is 11.6. The normalized spacial score (nSPS) is 29.7. The van der Waals surface area contributed by atoms with Crippen molar-refractivity contribution in [3.8, 4) is 0 Å². The first-order chi connectivity index (χ1) is 8.94. The highest BCUT2D eigenvalue weighted by Gasteiger charge is 2.32. The lowest BCUT2D eigenvalue weighted by atomic mass is 9.88. The molecule has 1 fully saturated rings. The van der Waals surface area contributed by atoms with Gasteiger partial charge in [-0.3, -0.25) is 10.2 Å². The number of amides is 1. The third-order valence-corrected chi connectivity index (χ3v) is 3.82. The summed E-state index contributed by atoms with van der Waals surface area (Å²) in [5, 5.41) is 2.95. The number of carbonyl (C=O) groups excluding carboxylic acids is 1. The number of nitrogens with zero attached hydrogens (tertiary/aromatic N) is 1. The van der Waals surface area contributed by atoms with Gasteiger partial charge in [0.2, 0.25) is 0 Å². The molecule has 0 spiro atoms. The van der Waals surface area contributed by atoms with Crippen LogP contribution >= 0.6 is 0 Å². The smallest absolute Gasteiger partial charge is 0.271 e. The Kier molecular flexibility index (Phi) is 2.87. The van der Waals surface area contributed by atoms with Crippen LogP contribution in [-0.2, 0) is 6.42 Å². The summed E-state index contributed by atoms with van der Waals surface area (Å²) in [5.74, 6) is 0.789. The van der Waals surface area contributed by atoms with Crippen LogP contribution < -0.4 is 16.2 Å². The predicted molar refractivity (Wildman–Crippen MR) is 71.5 cm³/mol. The molecule has 2 aliphatic rings. The van der Waals surface area contributed by atoms with Gasteiger partial charge in [0.15, 0.2) is 0 Å². The minimum Gasteiger partial charge on any atom is -0.350 e. The highest BCUT2D eigenvalue weighted by atomic mass is 16.1. The second kappa shape index (κ2) is 4.31. The number of aromatic amines is 1. The molecule has 4 N–H and O–H groups in total. The summed E-state index contributed by atoms with van der Waals surface area (Å²) < 4.78 is 0. The van der Waals surface area contributed by atoms with E-state index in [1.165, 1.54) is 0 Å². The lowest BCUT2D eigenvalue weighted by Gasteiger charge is -2.21. The molecular formula is C13H21N5O. The summed E-state index contributed by atoms with van der Waals surface area (Å²) in [5.41, 5.74) is 7.95. The summed E-state index contributed by atoms with van der Waals surface area (Å²) in [7, 11) is 0. The number of fused-ring (bicyclic) bond motifs is 1. The largest absolute Gasteiger partial charge is 0.350 e. The van der Waals surface area contributed by atoms with E-state index in [2.05, 4.69) is 46.9 Å². The number of aromatic nitrogens is 2. The Morgan fingerprint density at radius 2 is 2.11 bits per heavy atom. The topological polar surface area (TPSA) is 81.8 Å². The number of nitrogens with one attached hydrogen (secondary N) is 4. The number of rotatable bonds is 1. The van der Waals surface area contributed by atoms with Crippen molar-refractivity contribution in [2.24, 2.45) is 5.41 Å². The summed E-state index contributed by atoms with van der Waals surface area (Å²) in [6.45, 7) is 7.11. The fourth-order valence-corrected chi connectivity index (χ4v) is 2.75. The molecule has 0 bridgehead atoms. The van der Waals surface area contributed by atoms with E-state index in [1.54, 1.807) is 0 Å². The molecule has 0 radical (unpaired) electrons. The van der Waals surface area contributed by atoms with Crippen molar-refractivity contribution in [1.82, 2.24) is 26.1 Å². The molecule has 3 rings (SSSR count). The number of hydrazine groups is 1. The monoisotopic (exact) mass is 263 g/mol. The van der Waals surface area contributed by atoms with Crippen LogP contribution in [0.25, 0.3) is 0 Å². The van der Waals surface area contributed by atoms with Gasteiger partial charge in [-0.05, 0) is 25.2 Å². The Balaban J connectivity index is 1.91. The third kappa shape index (κ3) is 2.37. The van der Waals surface area contributed by atoms with E-state index in [9.17, 15) is 4.79 Å². The SMILES string of the molecule is CC1CC(c2nc3c([nH]2)CC(C)(C)CNC3=O)NN1. The van der Waals surface area contributed by atoms with Crippen LogP contribution in [0.4, 0.5) is 0 Å². The molecule has 1 aromatic rings. The Morgan fingerprint density at radius 3 is 2.79 bits per heavy atom. The van der Waals surface area contributed by atoms with E-state index in [4.69, 9.17) is 0 Å². The molecule has 1 saturated heterocycles. The summed E-state index contributed by atoms with van der Waals surface area (Å²) in [4.78, 5) is 19.9. The van der Waals surface area contributed by atoms with E-state index in [-0.39, 0.29) is 17.4 Å². The Morgan fingerprint density at radius 1 is 1.32 bits per heavy atom. The zero-order valence-electron chi connectivity index (χ0n) is 11.6. The highest BCUT2D eigenvalue weighted by molar-refractivity contribution is 5.94. The summed E-state index contributed by atoms with van der Waals surface area (Å²) in [6.07, 6.45) is 1.81. The predicted octanol–water partition coefficient (Wildman–Crippen LogP) is 0.649. The van der Waals surface area contributed by atoms with Gasteiger partial charge in [-0.1, -0.05) is 13.8 Å². The van der Waals surface area contributed by atoms with Crippen LogP contribution in [0.2, 0.25) is 0 Å². The molecule has 104 valence electrons. The molecule has 1 aromatic heterocycles. The second-order valence-corrected chi connectivity index (χ2v) is 6.45. The molecule has 1 amide bonds. The molecule has 2 atom stereocenters. The minimum absolute atomic E-state index is 0.0549. The van der Waals surface area contributed by atoms with Crippen molar-refractivity contribution in [2.45, 2.75) is 45.7 Å². The average Bonchev–Trinajstić information content (AvgIpc) is 2.90. The Labute approximate surface area is 112 Å². The molecule has 0 saturated carbocycles. The van der Waals surface area contributed by atoms with Gasteiger partial charge in [-0.15, -0.1) is 0 Å². The molecule has 2 aliphatic heterocycles. The first kappa shape index (κ1) is 12.6. The van der Waals surface area contributed by atoms with Gasteiger partial charge in [0.1, 0.15) is 11.5 Å². The lowest BCUT2D eigenvalue weighted by Crippen LogP contribution is -2.32. The number of carbonyl (C=O) groups is 1. The van der Waals surface area contributed by atoms with Gasteiger partial charge in [0, 0.05) is 18.3 Å². The molecule has 0 aromatic carbocycles. The fourth-order valence-electron chi connectivity index (χ4n) is 2.75. The maximum atomic E-state index is 12.1. The van der Waals surface area contributed by atoms with Crippen LogP contribution in [0.3, 0.4) is 0 Å². The first-order valence-electron chi connectivity index (χ1n) is 6.83. The molecular weight excluding hydrogens is 242 g/mol. The molecule has 6 heteroatoms. The van der Waals surface area contributed by atoms with E-state index >= 15 is 0 Å². The summed E-state index contributed by atoms with van der Waals surface area (Å²) in [6, 6.07) is 0.568. The lowest BCUT2D eigenvalue weighted by molar-refractivity contribution is 0.0940. The highest BCUT2D eigenvalue weighted by Crippen LogP contribution is 2.27. The maximum Gasteiger partial charge on any atom is 0.271 e. The van der Waals surface area contributed by atoms with Crippen molar-refractivity contribution < 1.29 is 4.79 Å². The van der Waals surface area contributed by atoms with E-state index in [0.29, 0.717) is 18.3 Å².